The molecular formula is C15H9N5. The van der Waals surface area contributed by atoms with E-state index < -0.39 is 0 Å². The van der Waals surface area contributed by atoms with E-state index in [0.29, 0.717) is 17.0 Å². The average molecular weight is 259 g/mol. The molecule has 3 aromatic rings. The molecule has 0 bridgehead atoms. The van der Waals surface area contributed by atoms with Crippen LogP contribution < -0.4 is 0 Å². The van der Waals surface area contributed by atoms with Gasteiger partial charge in [0.1, 0.15) is 11.8 Å². The SMILES string of the molecule is N#Cc1cc(-c2ccncc2)nnc1-c1ccncc1. The topological polar surface area (TPSA) is 75.3 Å². The highest BCUT2D eigenvalue weighted by Gasteiger charge is 2.10. The van der Waals surface area contributed by atoms with Gasteiger partial charge in [-0.1, -0.05) is 0 Å². The first kappa shape index (κ1) is 11.9. The first-order valence-corrected chi connectivity index (χ1v) is 5.97. The maximum atomic E-state index is 9.31. The van der Waals surface area contributed by atoms with Crippen molar-refractivity contribution >= 4 is 0 Å². The number of hydrogen-bond acceptors (Lipinski definition) is 5. The predicted molar refractivity (Wildman–Crippen MR) is 73.2 cm³/mol. The van der Waals surface area contributed by atoms with Gasteiger partial charge < -0.3 is 0 Å². The van der Waals surface area contributed by atoms with E-state index in [1.54, 1.807) is 43.0 Å². The van der Waals surface area contributed by atoms with Gasteiger partial charge in [0.15, 0.2) is 0 Å². The first-order valence-electron chi connectivity index (χ1n) is 5.97. The molecular weight excluding hydrogens is 250 g/mol. The Morgan fingerprint density at radius 3 is 2.00 bits per heavy atom. The van der Waals surface area contributed by atoms with Crippen LogP contribution in [0.4, 0.5) is 0 Å². The molecule has 0 N–H and O–H groups in total. The summed E-state index contributed by atoms with van der Waals surface area (Å²) in [6.45, 7) is 0. The van der Waals surface area contributed by atoms with Gasteiger partial charge >= 0.3 is 0 Å². The molecule has 0 spiro atoms. The standard InChI is InChI=1S/C15H9N5/c16-10-13-9-14(11-1-5-17-6-2-11)19-20-15(13)12-3-7-18-8-4-12/h1-9H. The van der Waals surface area contributed by atoms with E-state index in [1.165, 1.54) is 0 Å². The van der Waals surface area contributed by atoms with E-state index in [4.69, 9.17) is 0 Å². The number of nitriles is 1. The third-order valence-corrected chi connectivity index (χ3v) is 2.84. The Balaban J connectivity index is 2.11. The van der Waals surface area contributed by atoms with E-state index in [-0.39, 0.29) is 0 Å². The van der Waals surface area contributed by atoms with Gasteiger partial charge in [-0.2, -0.15) is 5.26 Å². The third-order valence-electron chi connectivity index (χ3n) is 2.84. The summed E-state index contributed by atoms with van der Waals surface area (Å²) >= 11 is 0. The molecule has 3 heterocycles. The Labute approximate surface area is 115 Å². The molecule has 20 heavy (non-hydrogen) atoms. The summed E-state index contributed by atoms with van der Waals surface area (Å²) in [5, 5.41) is 17.7. The molecule has 5 heteroatoms. The number of aromatic nitrogens is 4. The highest BCUT2D eigenvalue weighted by Crippen LogP contribution is 2.23. The van der Waals surface area contributed by atoms with Gasteiger partial charge in [-0.05, 0) is 30.3 Å². The van der Waals surface area contributed by atoms with Gasteiger partial charge in [-0.15, -0.1) is 10.2 Å². The van der Waals surface area contributed by atoms with E-state index in [0.717, 1.165) is 11.1 Å². The van der Waals surface area contributed by atoms with Crippen molar-refractivity contribution in [3.63, 3.8) is 0 Å². The van der Waals surface area contributed by atoms with Crippen molar-refractivity contribution < 1.29 is 0 Å². The molecule has 0 saturated heterocycles. The second-order valence-corrected chi connectivity index (χ2v) is 4.08. The number of nitrogens with zero attached hydrogens (tertiary/aromatic N) is 5. The Kier molecular flexibility index (Phi) is 3.13. The van der Waals surface area contributed by atoms with Crippen molar-refractivity contribution in [2.24, 2.45) is 0 Å². The molecule has 94 valence electrons. The summed E-state index contributed by atoms with van der Waals surface area (Å²) in [5.74, 6) is 0. The monoisotopic (exact) mass is 259 g/mol. The second kappa shape index (κ2) is 5.24. The molecule has 0 amide bonds. The van der Waals surface area contributed by atoms with Crippen LogP contribution in [-0.2, 0) is 0 Å². The van der Waals surface area contributed by atoms with Crippen LogP contribution in [-0.4, -0.2) is 20.2 Å². The molecule has 0 unspecified atom stereocenters. The van der Waals surface area contributed by atoms with Crippen molar-refractivity contribution in [1.29, 1.82) is 5.26 Å². The van der Waals surface area contributed by atoms with Crippen molar-refractivity contribution in [1.82, 2.24) is 20.2 Å². The van der Waals surface area contributed by atoms with Gasteiger partial charge in [0.2, 0.25) is 0 Å². The summed E-state index contributed by atoms with van der Waals surface area (Å²) in [4.78, 5) is 7.91. The maximum Gasteiger partial charge on any atom is 0.111 e. The van der Waals surface area contributed by atoms with Crippen LogP contribution in [0.5, 0.6) is 0 Å². The molecule has 3 aromatic heterocycles. The molecule has 0 radical (unpaired) electrons. The Morgan fingerprint density at radius 2 is 1.40 bits per heavy atom. The fourth-order valence-corrected chi connectivity index (χ4v) is 1.86. The second-order valence-electron chi connectivity index (χ2n) is 4.08. The molecule has 0 aliphatic carbocycles. The van der Waals surface area contributed by atoms with Gasteiger partial charge in [0.25, 0.3) is 0 Å². The van der Waals surface area contributed by atoms with E-state index >= 15 is 0 Å². The minimum atomic E-state index is 0.484. The Morgan fingerprint density at radius 1 is 0.800 bits per heavy atom. The molecule has 0 aromatic carbocycles. The minimum Gasteiger partial charge on any atom is -0.265 e. The Bertz CT molecular complexity index is 763. The lowest BCUT2D eigenvalue weighted by atomic mass is 10.1. The molecule has 0 saturated carbocycles. The van der Waals surface area contributed by atoms with Crippen LogP contribution in [0, 0.1) is 11.3 Å². The Hall–Kier alpha value is -3.13. The highest BCUT2D eigenvalue weighted by atomic mass is 15.1. The zero-order valence-corrected chi connectivity index (χ0v) is 10.4. The maximum absolute atomic E-state index is 9.31. The van der Waals surface area contributed by atoms with Gasteiger partial charge in [-0.3, -0.25) is 9.97 Å². The van der Waals surface area contributed by atoms with Crippen LogP contribution in [0.2, 0.25) is 0 Å². The zero-order valence-electron chi connectivity index (χ0n) is 10.4. The fraction of sp³-hybridized carbons (Fsp3) is 0. The molecule has 5 nitrogen and oxygen atoms in total. The van der Waals surface area contributed by atoms with Crippen LogP contribution in [0.15, 0.2) is 55.1 Å². The summed E-state index contributed by atoms with van der Waals surface area (Å²) in [6, 6.07) is 11.2. The van der Waals surface area contributed by atoms with E-state index in [1.807, 2.05) is 12.1 Å². The minimum absolute atomic E-state index is 0.484. The normalized spacial score (nSPS) is 9.95. The third kappa shape index (κ3) is 2.22. The van der Waals surface area contributed by atoms with E-state index in [9.17, 15) is 5.26 Å². The number of pyridine rings is 2. The molecule has 0 fully saturated rings. The highest BCUT2D eigenvalue weighted by molar-refractivity contribution is 5.69. The van der Waals surface area contributed by atoms with Crippen molar-refractivity contribution in [2.75, 3.05) is 0 Å². The van der Waals surface area contributed by atoms with Gasteiger partial charge in [0.05, 0.1) is 11.3 Å². The van der Waals surface area contributed by atoms with Crippen LogP contribution in [0.1, 0.15) is 5.56 Å². The lowest BCUT2D eigenvalue weighted by Gasteiger charge is -2.04. The first-order chi connectivity index (χ1) is 9.88. The fourth-order valence-electron chi connectivity index (χ4n) is 1.86. The zero-order chi connectivity index (χ0) is 13.8. The van der Waals surface area contributed by atoms with E-state index in [2.05, 4.69) is 26.2 Å². The summed E-state index contributed by atoms with van der Waals surface area (Å²) < 4.78 is 0. The smallest absolute Gasteiger partial charge is 0.111 e. The van der Waals surface area contributed by atoms with Crippen molar-refractivity contribution in [3.05, 3.63) is 60.7 Å². The lowest BCUT2D eigenvalue weighted by molar-refractivity contribution is 1.04. The quantitative estimate of drug-likeness (QED) is 0.706. The van der Waals surface area contributed by atoms with Crippen LogP contribution in [0.3, 0.4) is 0 Å². The summed E-state index contributed by atoms with van der Waals surface area (Å²) in [7, 11) is 0. The average Bonchev–Trinajstić information content (AvgIpc) is 2.56. The van der Waals surface area contributed by atoms with Gasteiger partial charge in [0, 0.05) is 35.9 Å². The number of rotatable bonds is 2. The van der Waals surface area contributed by atoms with Crippen LogP contribution >= 0.6 is 0 Å². The molecule has 3 rings (SSSR count). The molecule has 0 aliphatic heterocycles. The summed E-state index contributed by atoms with van der Waals surface area (Å²) in [5.41, 5.74) is 3.41. The van der Waals surface area contributed by atoms with Crippen molar-refractivity contribution in [2.45, 2.75) is 0 Å². The van der Waals surface area contributed by atoms with Crippen molar-refractivity contribution in [3.8, 4) is 28.6 Å². The summed E-state index contributed by atoms with van der Waals surface area (Å²) in [6.07, 6.45) is 6.68. The molecule has 0 aliphatic rings. The lowest BCUT2D eigenvalue weighted by Crippen LogP contribution is -1.95. The molecule has 0 atom stereocenters. The largest absolute Gasteiger partial charge is 0.265 e. The predicted octanol–water partition coefficient (Wildman–Crippen LogP) is 2.47. The van der Waals surface area contributed by atoms with Gasteiger partial charge in [-0.25, -0.2) is 0 Å². The van der Waals surface area contributed by atoms with Crippen LogP contribution in [0.25, 0.3) is 22.5 Å². The number of hydrogen-bond donors (Lipinski definition) is 0.